The first-order valence-electron chi connectivity index (χ1n) is 4.35. The van der Waals surface area contributed by atoms with Crippen LogP contribution in [0.1, 0.15) is 40.5 Å². The van der Waals surface area contributed by atoms with E-state index in [0.717, 1.165) is 12.8 Å². The van der Waals surface area contributed by atoms with Crippen LogP contribution in [-0.2, 0) is 0 Å². The van der Waals surface area contributed by atoms with Crippen molar-refractivity contribution in [2.45, 2.75) is 40.5 Å². The van der Waals surface area contributed by atoms with Crippen LogP contribution in [0.3, 0.4) is 0 Å². The first kappa shape index (κ1) is 11.1. The molecule has 0 aromatic carbocycles. The van der Waals surface area contributed by atoms with Crippen LogP contribution < -0.4 is 0 Å². The molecule has 1 atom stereocenters. The summed E-state index contributed by atoms with van der Waals surface area (Å²) >= 11 is 0. The minimum absolute atomic E-state index is 0.296. The molecule has 0 aliphatic carbocycles. The van der Waals surface area contributed by atoms with Crippen molar-refractivity contribution >= 4 is 0 Å². The minimum Gasteiger partial charge on any atom is -0.462 e. The molecule has 68 valence electrons. The van der Waals surface area contributed by atoms with Crippen molar-refractivity contribution in [3.05, 3.63) is 11.1 Å². The normalized spacial score (nSPS) is 11.3. The molecule has 1 N–H and O–H groups in total. The van der Waals surface area contributed by atoms with Crippen LogP contribution in [0, 0.1) is 17.9 Å². The van der Waals surface area contributed by atoms with Crippen LogP contribution in [0.5, 0.6) is 0 Å². The highest BCUT2D eigenvalue weighted by Crippen LogP contribution is 2.13. The Morgan fingerprint density at radius 3 is 2.33 bits per heavy atom. The summed E-state index contributed by atoms with van der Waals surface area (Å²) in [6, 6.07) is 0. The number of rotatable bonds is 3. The van der Waals surface area contributed by atoms with E-state index in [1.165, 1.54) is 11.1 Å². The largest absolute Gasteiger partial charge is 0.462 e. The monoisotopic (exact) mass is 166 g/mol. The Bertz CT molecular complexity index is 211. The third-order valence-corrected chi connectivity index (χ3v) is 2.12. The molecule has 0 aliphatic heterocycles. The molecule has 0 saturated carbocycles. The number of allylic oxidation sites excluding steroid dienone is 2. The average Bonchev–Trinajstić information content (AvgIpc) is 2.00. The van der Waals surface area contributed by atoms with E-state index in [4.69, 9.17) is 5.11 Å². The van der Waals surface area contributed by atoms with Gasteiger partial charge in [0.1, 0.15) is 6.11 Å². The lowest BCUT2D eigenvalue weighted by atomic mass is 10.0. The van der Waals surface area contributed by atoms with Gasteiger partial charge in [-0.05, 0) is 33.6 Å². The Morgan fingerprint density at radius 1 is 1.33 bits per heavy atom. The van der Waals surface area contributed by atoms with E-state index in [0.29, 0.717) is 5.92 Å². The summed E-state index contributed by atoms with van der Waals surface area (Å²) in [5.74, 6) is 3.02. The van der Waals surface area contributed by atoms with Gasteiger partial charge in [0.15, 0.2) is 0 Å². The summed E-state index contributed by atoms with van der Waals surface area (Å²) in [5, 5.41) is 8.34. The van der Waals surface area contributed by atoms with Gasteiger partial charge in [0, 0.05) is 5.92 Å². The van der Waals surface area contributed by atoms with E-state index in [-0.39, 0.29) is 0 Å². The van der Waals surface area contributed by atoms with Gasteiger partial charge in [0.2, 0.25) is 0 Å². The molecule has 12 heavy (non-hydrogen) atoms. The van der Waals surface area contributed by atoms with Crippen molar-refractivity contribution in [2.75, 3.05) is 0 Å². The molecule has 0 heterocycles. The smallest absolute Gasteiger partial charge is 0.107 e. The second-order valence-corrected chi connectivity index (χ2v) is 3.48. The maximum absolute atomic E-state index is 8.34. The zero-order valence-electron chi connectivity index (χ0n) is 8.44. The van der Waals surface area contributed by atoms with Gasteiger partial charge in [-0.1, -0.05) is 24.0 Å². The Hall–Kier alpha value is -0.900. The van der Waals surface area contributed by atoms with E-state index in [1.54, 1.807) is 0 Å². The molecular weight excluding hydrogens is 148 g/mol. The molecule has 0 amide bonds. The fourth-order valence-corrected chi connectivity index (χ4v) is 0.865. The van der Waals surface area contributed by atoms with E-state index < -0.39 is 0 Å². The van der Waals surface area contributed by atoms with Gasteiger partial charge in [-0.15, -0.1) is 0 Å². The van der Waals surface area contributed by atoms with Crippen molar-refractivity contribution in [1.82, 2.24) is 0 Å². The SMILES string of the molecule is CC(C)=C(C)CCC(C)C#CO. The van der Waals surface area contributed by atoms with Gasteiger partial charge in [-0.2, -0.15) is 0 Å². The van der Waals surface area contributed by atoms with Gasteiger partial charge < -0.3 is 5.11 Å². The van der Waals surface area contributed by atoms with Crippen molar-refractivity contribution in [1.29, 1.82) is 0 Å². The van der Waals surface area contributed by atoms with Crippen LogP contribution in [0.15, 0.2) is 11.1 Å². The maximum atomic E-state index is 8.34. The Kier molecular flexibility index (Phi) is 5.28. The number of hydrogen-bond donors (Lipinski definition) is 1. The third-order valence-electron chi connectivity index (χ3n) is 2.12. The van der Waals surface area contributed by atoms with Crippen molar-refractivity contribution in [3.8, 4) is 12.0 Å². The Balaban J connectivity index is 3.82. The van der Waals surface area contributed by atoms with E-state index in [9.17, 15) is 0 Å². The van der Waals surface area contributed by atoms with Crippen molar-refractivity contribution in [3.63, 3.8) is 0 Å². The third kappa shape index (κ3) is 4.85. The topological polar surface area (TPSA) is 20.2 Å². The van der Waals surface area contributed by atoms with Gasteiger partial charge in [-0.25, -0.2) is 0 Å². The lowest BCUT2D eigenvalue weighted by Crippen LogP contribution is -1.91. The van der Waals surface area contributed by atoms with Crippen molar-refractivity contribution in [2.24, 2.45) is 5.92 Å². The predicted octanol–water partition coefficient (Wildman–Crippen LogP) is 3.09. The molecule has 0 radical (unpaired) electrons. The molecule has 0 rings (SSSR count). The summed E-state index contributed by atoms with van der Waals surface area (Å²) in [6.45, 7) is 8.42. The second-order valence-electron chi connectivity index (χ2n) is 3.48. The summed E-state index contributed by atoms with van der Waals surface area (Å²) in [4.78, 5) is 0. The fraction of sp³-hybridized carbons (Fsp3) is 0.636. The van der Waals surface area contributed by atoms with Gasteiger partial charge >= 0.3 is 0 Å². The molecule has 0 aromatic rings. The lowest BCUT2D eigenvalue weighted by molar-refractivity contribution is 0.512. The summed E-state index contributed by atoms with van der Waals surface area (Å²) in [5.41, 5.74) is 2.82. The highest BCUT2D eigenvalue weighted by molar-refractivity contribution is 5.07. The predicted molar refractivity (Wildman–Crippen MR) is 52.2 cm³/mol. The zero-order chi connectivity index (χ0) is 9.56. The molecule has 0 spiro atoms. The summed E-state index contributed by atoms with van der Waals surface area (Å²) < 4.78 is 0. The van der Waals surface area contributed by atoms with Crippen LogP contribution in [0.2, 0.25) is 0 Å². The summed E-state index contributed by atoms with van der Waals surface area (Å²) in [7, 11) is 0. The fourth-order valence-electron chi connectivity index (χ4n) is 0.865. The molecule has 0 saturated heterocycles. The maximum Gasteiger partial charge on any atom is 0.107 e. The second kappa shape index (κ2) is 5.71. The molecule has 0 aliphatic rings. The molecule has 0 fully saturated rings. The first-order valence-corrected chi connectivity index (χ1v) is 4.35. The van der Waals surface area contributed by atoms with E-state index in [2.05, 4.69) is 26.7 Å². The Morgan fingerprint density at radius 2 is 1.92 bits per heavy atom. The van der Waals surface area contributed by atoms with E-state index in [1.807, 2.05) is 13.0 Å². The van der Waals surface area contributed by atoms with Gasteiger partial charge in [0.05, 0.1) is 0 Å². The molecule has 0 bridgehead atoms. The minimum atomic E-state index is 0.296. The van der Waals surface area contributed by atoms with Gasteiger partial charge in [0.25, 0.3) is 0 Å². The average molecular weight is 166 g/mol. The first-order chi connectivity index (χ1) is 5.57. The highest BCUT2D eigenvalue weighted by atomic mass is 16.2. The number of hydrogen-bond acceptors (Lipinski definition) is 1. The lowest BCUT2D eigenvalue weighted by Gasteiger charge is -2.05. The zero-order valence-corrected chi connectivity index (χ0v) is 8.44. The Labute approximate surface area is 75.5 Å². The van der Waals surface area contributed by atoms with Crippen LogP contribution in [0.25, 0.3) is 0 Å². The van der Waals surface area contributed by atoms with Crippen LogP contribution in [0.4, 0.5) is 0 Å². The molecule has 1 nitrogen and oxygen atoms in total. The molecule has 1 unspecified atom stereocenters. The van der Waals surface area contributed by atoms with Gasteiger partial charge in [-0.3, -0.25) is 0 Å². The number of aliphatic hydroxyl groups excluding tert-OH is 1. The van der Waals surface area contributed by atoms with E-state index >= 15 is 0 Å². The molecule has 0 aromatic heterocycles. The highest BCUT2D eigenvalue weighted by Gasteiger charge is 1.98. The quantitative estimate of drug-likeness (QED) is 0.504. The van der Waals surface area contributed by atoms with Crippen molar-refractivity contribution < 1.29 is 5.11 Å². The summed E-state index contributed by atoms with van der Waals surface area (Å²) in [6.07, 6.45) is 4.07. The van der Waals surface area contributed by atoms with Crippen LogP contribution in [-0.4, -0.2) is 5.11 Å². The standard InChI is InChI=1S/C11H18O/c1-9(2)11(4)6-5-10(3)7-8-12/h10,12H,5-6H2,1-4H3. The van der Waals surface area contributed by atoms with Crippen LogP contribution >= 0.6 is 0 Å². The number of aliphatic hydroxyl groups is 1. The molecular formula is C11H18O. The molecule has 1 heteroatoms.